The molecule has 4 rings (SSSR count). The number of imidazole rings is 1. The summed E-state index contributed by atoms with van der Waals surface area (Å²) in [6.07, 6.45) is 1.44. The summed E-state index contributed by atoms with van der Waals surface area (Å²) >= 11 is 19.7. The maximum Gasteiger partial charge on any atom is 0.490 e. The Morgan fingerprint density at radius 2 is 1.80 bits per heavy atom. The average Bonchev–Trinajstić information content (AvgIpc) is 3.56. The summed E-state index contributed by atoms with van der Waals surface area (Å²) in [4.78, 5) is 43.4. The molecule has 0 aliphatic rings. The molecule has 0 bridgehead atoms. The third kappa shape index (κ3) is 8.57. The fraction of sp³-hybridized carbons (Fsp3) is 0.125. The molecule has 0 aliphatic heterocycles. The van der Waals surface area contributed by atoms with Crippen molar-refractivity contribution in [1.29, 1.82) is 0 Å². The number of nitrogens with one attached hydrogen (secondary N) is 2. The number of amides is 2. The zero-order chi connectivity index (χ0) is 30.3. The van der Waals surface area contributed by atoms with Crippen molar-refractivity contribution >= 4 is 75.4 Å². The predicted octanol–water partition coefficient (Wildman–Crippen LogP) is 6.49. The predicted molar refractivity (Wildman–Crippen MR) is 148 cm³/mol. The highest BCUT2D eigenvalue weighted by Crippen LogP contribution is 2.35. The molecule has 2 amide bonds. The number of carbonyl (C=O) groups excluding carboxylic acids is 2. The molecule has 0 saturated heterocycles. The number of carboxylic acids is 1. The number of carboxylic acid groups (broad SMARTS) is 1. The monoisotopic (exact) mass is 649 g/mol. The van der Waals surface area contributed by atoms with E-state index in [-0.39, 0.29) is 27.8 Å². The van der Waals surface area contributed by atoms with Crippen LogP contribution in [0.5, 0.6) is 5.75 Å². The smallest absolute Gasteiger partial charge is 0.490 e. The summed E-state index contributed by atoms with van der Waals surface area (Å²) in [5.74, 6) is -3.32. The highest BCUT2D eigenvalue weighted by Gasteiger charge is 2.38. The van der Waals surface area contributed by atoms with Crippen molar-refractivity contribution in [2.75, 3.05) is 17.7 Å². The molecule has 0 spiro atoms. The van der Waals surface area contributed by atoms with E-state index in [0.29, 0.717) is 21.5 Å². The number of alkyl halides is 3. The summed E-state index contributed by atoms with van der Waals surface area (Å²) in [7, 11) is 1.41. The van der Waals surface area contributed by atoms with Gasteiger partial charge in [0.05, 0.1) is 41.3 Å². The lowest BCUT2D eigenvalue weighted by molar-refractivity contribution is -0.192. The van der Waals surface area contributed by atoms with Gasteiger partial charge in [-0.25, -0.2) is 14.8 Å². The minimum Gasteiger partial charge on any atom is -0.494 e. The molecule has 1 aromatic carbocycles. The van der Waals surface area contributed by atoms with Gasteiger partial charge in [0.25, 0.3) is 11.8 Å². The van der Waals surface area contributed by atoms with E-state index in [1.165, 1.54) is 36.8 Å². The van der Waals surface area contributed by atoms with Crippen LogP contribution in [0, 0.1) is 0 Å². The van der Waals surface area contributed by atoms with Gasteiger partial charge in [0.2, 0.25) is 0 Å². The maximum absolute atomic E-state index is 13.1. The maximum atomic E-state index is 13.1. The number of aromatic nitrogens is 3. The van der Waals surface area contributed by atoms with Crippen LogP contribution in [0.15, 0.2) is 54.6 Å². The fourth-order valence-electron chi connectivity index (χ4n) is 3.07. The number of anilines is 2. The Labute approximate surface area is 248 Å². The van der Waals surface area contributed by atoms with Crippen molar-refractivity contribution in [1.82, 2.24) is 14.5 Å². The molecule has 10 nitrogen and oxygen atoms in total. The quantitative estimate of drug-likeness (QED) is 0.208. The van der Waals surface area contributed by atoms with Crippen molar-refractivity contribution in [2.45, 2.75) is 12.7 Å². The van der Waals surface area contributed by atoms with E-state index < -0.39 is 24.0 Å². The number of hydrogen-bond acceptors (Lipinski definition) is 7. The lowest BCUT2D eigenvalue weighted by Gasteiger charge is -2.15. The molecule has 41 heavy (non-hydrogen) atoms. The van der Waals surface area contributed by atoms with E-state index in [9.17, 15) is 22.8 Å². The molecule has 0 atom stereocenters. The molecule has 17 heteroatoms. The minimum atomic E-state index is -5.08. The molecular formula is C24H17Cl3F3N5O5S. The van der Waals surface area contributed by atoms with Gasteiger partial charge < -0.3 is 25.0 Å². The second-order valence-electron chi connectivity index (χ2n) is 7.74. The van der Waals surface area contributed by atoms with Gasteiger partial charge in [-0.05, 0) is 23.6 Å². The van der Waals surface area contributed by atoms with Crippen molar-refractivity contribution in [2.24, 2.45) is 0 Å². The molecule has 3 heterocycles. The van der Waals surface area contributed by atoms with Crippen LogP contribution in [-0.2, 0) is 11.3 Å². The van der Waals surface area contributed by atoms with Crippen LogP contribution in [0.1, 0.15) is 25.6 Å². The second-order valence-corrected chi connectivity index (χ2v) is 9.87. The van der Waals surface area contributed by atoms with Crippen LogP contribution in [0.25, 0.3) is 0 Å². The first-order chi connectivity index (χ1) is 19.3. The molecule has 0 radical (unpaired) electrons. The molecule has 216 valence electrons. The van der Waals surface area contributed by atoms with Crippen molar-refractivity contribution in [3.8, 4) is 5.75 Å². The Morgan fingerprint density at radius 1 is 1.10 bits per heavy atom. The van der Waals surface area contributed by atoms with Crippen LogP contribution in [0.2, 0.25) is 15.1 Å². The number of nitrogens with zero attached hydrogens (tertiary/aromatic N) is 3. The second kappa shape index (κ2) is 13.7. The van der Waals surface area contributed by atoms with Crippen LogP contribution in [0.3, 0.4) is 0 Å². The number of ether oxygens (including phenoxy) is 1. The van der Waals surface area contributed by atoms with Crippen LogP contribution in [-0.4, -0.2) is 50.7 Å². The third-order valence-electron chi connectivity index (χ3n) is 4.90. The van der Waals surface area contributed by atoms with E-state index in [1.807, 2.05) is 4.57 Å². The van der Waals surface area contributed by atoms with Crippen molar-refractivity contribution < 1.29 is 37.4 Å². The minimum absolute atomic E-state index is 0.0840. The number of carbonyl (C=O) groups is 3. The Morgan fingerprint density at radius 3 is 2.37 bits per heavy atom. The first-order valence-electron chi connectivity index (χ1n) is 10.9. The SMILES string of the molecule is COc1cc(Cl)cc(C(=O)Nc2ccc(Cl)cn2)c1NC(=O)c1scc(Cn2ccnc2)c1Cl.O=C(O)C(F)(F)F. The summed E-state index contributed by atoms with van der Waals surface area (Å²) < 4.78 is 38.9. The molecule has 4 aromatic rings. The first kappa shape index (κ1) is 31.7. The Hall–Kier alpha value is -3.85. The van der Waals surface area contributed by atoms with Crippen LogP contribution < -0.4 is 15.4 Å². The number of benzene rings is 1. The number of thiophene rings is 1. The first-order valence-corrected chi connectivity index (χ1v) is 12.9. The third-order valence-corrected chi connectivity index (χ3v) is 6.91. The number of pyridine rings is 1. The summed E-state index contributed by atoms with van der Waals surface area (Å²) in [6, 6.07) is 6.06. The highest BCUT2D eigenvalue weighted by molar-refractivity contribution is 7.13. The zero-order valence-corrected chi connectivity index (χ0v) is 23.6. The van der Waals surface area contributed by atoms with Crippen LogP contribution in [0.4, 0.5) is 24.7 Å². The van der Waals surface area contributed by atoms with Gasteiger partial charge >= 0.3 is 12.1 Å². The molecule has 3 N–H and O–H groups in total. The van der Waals surface area contributed by atoms with Gasteiger partial charge in [0.15, 0.2) is 0 Å². The number of aliphatic carboxylic acids is 1. The topological polar surface area (TPSA) is 135 Å². The van der Waals surface area contributed by atoms with Gasteiger partial charge in [-0.3, -0.25) is 9.59 Å². The van der Waals surface area contributed by atoms with E-state index >= 15 is 0 Å². The Bertz CT molecular complexity index is 1550. The number of rotatable bonds is 7. The highest BCUT2D eigenvalue weighted by atomic mass is 35.5. The van der Waals surface area contributed by atoms with Crippen molar-refractivity contribution in [3.63, 3.8) is 0 Å². The number of hydrogen-bond donors (Lipinski definition) is 3. The number of methoxy groups -OCH3 is 1. The summed E-state index contributed by atoms with van der Waals surface area (Å²) in [5.41, 5.74) is 0.995. The van der Waals surface area contributed by atoms with Gasteiger partial charge in [-0.15, -0.1) is 11.3 Å². The van der Waals surface area contributed by atoms with E-state index in [2.05, 4.69) is 20.6 Å². The molecule has 0 unspecified atom stereocenters. The van der Waals surface area contributed by atoms with E-state index in [0.717, 1.165) is 5.56 Å². The lowest BCUT2D eigenvalue weighted by Crippen LogP contribution is -2.21. The molecular weight excluding hydrogens is 634 g/mol. The van der Waals surface area contributed by atoms with E-state index in [1.54, 1.807) is 36.2 Å². The van der Waals surface area contributed by atoms with Crippen molar-refractivity contribution in [3.05, 3.63) is 85.6 Å². The molecule has 3 aromatic heterocycles. The van der Waals surface area contributed by atoms with Gasteiger partial charge in [-0.1, -0.05) is 34.8 Å². The van der Waals surface area contributed by atoms with Gasteiger partial charge in [0, 0.05) is 35.2 Å². The largest absolute Gasteiger partial charge is 0.494 e. The Kier molecular flexibility index (Phi) is 10.6. The summed E-state index contributed by atoms with van der Waals surface area (Å²) in [5, 5.41) is 15.3. The standard InChI is InChI=1S/C22H16Cl3N5O3S.C2HF3O2/c1-33-16-7-14(24)6-15(21(31)28-17-3-2-13(23)8-27-17)19(16)29-22(32)20-18(25)12(10-34-20)9-30-5-4-26-11-30;3-2(4,5)1(6)7/h2-8,10-11H,9H2,1H3,(H,29,32)(H,27,28,31);(H,6,7). The molecule has 0 aliphatic carbocycles. The van der Waals surface area contributed by atoms with E-state index in [4.69, 9.17) is 49.4 Å². The Balaban J connectivity index is 0.000000587. The average molecular weight is 651 g/mol. The summed E-state index contributed by atoms with van der Waals surface area (Å²) in [6.45, 7) is 0.467. The van der Waals surface area contributed by atoms with Crippen LogP contribution >= 0.6 is 46.1 Å². The molecule has 0 saturated carbocycles. The lowest BCUT2D eigenvalue weighted by atomic mass is 10.1. The zero-order valence-electron chi connectivity index (χ0n) is 20.5. The number of halogens is 6. The molecule has 0 fully saturated rings. The normalized spacial score (nSPS) is 10.8. The van der Waals surface area contributed by atoms with Gasteiger partial charge in [-0.2, -0.15) is 13.2 Å². The van der Waals surface area contributed by atoms with Gasteiger partial charge in [0.1, 0.15) is 16.4 Å². The fourth-order valence-corrected chi connectivity index (χ4v) is 4.63.